The van der Waals surface area contributed by atoms with Gasteiger partial charge in [0.05, 0.1) is 32.4 Å². The molecule has 7 nitrogen and oxygen atoms in total. The molecule has 1 saturated carbocycles. The zero-order valence-electron chi connectivity index (χ0n) is 18.0. The van der Waals surface area contributed by atoms with E-state index >= 15 is 0 Å². The van der Waals surface area contributed by atoms with Gasteiger partial charge >= 0.3 is 6.03 Å². The first kappa shape index (κ1) is 22.1. The van der Waals surface area contributed by atoms with Gasteiger partial charge in [-0.1, -0.05) is 30.5 Å². The van der Waals surface area contributed by atoms with Crippen LogP contribution in [0, 0.1) is 5.92 Å². The molecule has 168 valence electrons. The van der Waals surface area contributed by atoms with Gasteiger partial charge in [-0.05, 0) is 49.2 Å². The van der Waals surface area contributed by atoms with Crippen LogP contribution in [0.4, 0.5) is 10.5 Å². The fraction of sp³-hybridized carbons (Fsp3) is 0.375. The van der Waals surface area contributed by atoms with Gasteiger partial charge in [0.1, 0.15) is 0 Å². The molecule has 3 amide bonds. The van der Waals surface area contributed by atoms with E-state index in [0.29, 0.717) is 40.6 Å². The number of methoxy groups -OCH3 is 2. The molecule has 0 aromatic heterocycles. The van der Waals surface area contributed by atoms with E-state index in [0.717, 1.165) is 12.8 Å². The summed E-state index contributed by atoms with van der Waals surface area (Å²) in [6, 6.07) is 10.8. The lowest BCUT2D eigenvalue weighted by Crippen LogP contribution is -2.63. The summed E-state index contributed by atoms with van der Waals surface area (Å²) in [4.78, 5) is 42.6. The van der Waals surface area contributed by atoms with E-state index < -0.39 is 6.03 Å². The monoisotopic (exact) mass is 456 g/mol. The summed E-state index contributed by atoms with van der Waals surface area (Å²) in [5, 5.41) is 0.432. The molecule has 1 heterocycles. The van der Waals surface area contributed by atoms with Crippen molar-refractivity contribution in [3.8, 4) is 11.5 Å². The third kappa shape index (κ3) is 4.05. The van der Waals surface area contributed by atoms with Gasteiger partial charge in [-0.25, -0.2) is 9.69 Å². The molecule has 2 aromatic rings. The second-order valence-corrected chi connectivity index (χ2v) is 8.45. The lowest BCUT2D eigenvalue weighted by Gasteiger charge is -2.46. The van der Waals surface area contributed by atoms with Crippen molar-refractivity contribution in [2.75, 3.05) is 25.7 Å². The fourth-order valence-electron chi connectivity index (χ4n) is 4.60. The smallest absolute Gasteiger partial charge is 0.332 e. The van der Waals surface area contributed by atoms with Gasteiger partial charge in [0, 0.05) is 16.6 Å². The molecule has 2 atom stereocenters. The number of rotatable bonds is 6. The number of halogens is 1. The molecule has 4 rings (SSSR count). The van der Waals surface area contributed by atoms with Crippen molar-refractivity contribution in [3.63, 3.8) is 0 Å². The molecule has 2 aromatic carbocycles. The summed E-state index contributed by atoms with van der Waals surface area (Å²) in [7, 11) is 3.03. The van der Waals surface area contributed by atoms with Crippen molar-refractivity contribution in [2.24, 2.45) is 5.92 Å². The molecule has 2 fully saturated rings. The Balaban J connectivity index is 1.66. The third-order valence-electron chi connectivity index (χ3n) is 6.19. The average molecular weight is 457 g/mol. The maximum absolute atomic E-state index is 13.5. The Bertz CT molecular complexity index is 1060. The largest absolute Gasteiger partial charge is 0.493 e. The van der Waals surface area contributed by atoms with E-state index in [2.05, 4.69) is 0 Å². The fourth-order valence-corrected chi connectivity index (χ4v) is 4.78. The minimum atomic E-state index is -0.491. The summed E-state index contributed by atoms with van der Waals surface area (Å²) in [6.07, 6.45) is 3.22. The van der Waals surface area contributed by atoms with Gasteiger partial charge in [-0.3, -0.25) is 9.59 Å². The van der Waals surface area contributed by atoms with Gasteiger partial charge in [0.15, 0.2) is 17.3 Å². The van der Waals surface area contributed by atoms with E-state index in [9.17, 15) is 14.4 Å². The number of hydrogen-bond acceptors (Lipinski definition) is 5. The quantitative estimate of drug-likeness (QED) is 0.595. The number of nitrogens with zero attached hydrogens (tertiary/aromatic N) is 2. The Morgan fingerprint density at radius 1 is 1.03 bits per heavy atom. The number of benzene rings is 2. The van der Waals surface area contributed by atoms with Gasteiger partial charge in [-0.15, -0.1) is 0 Å². The molecule has 2 unspecified atom stereocenters. The maximum Gasteiger partial charge on any atom is 0.332 e. The number of amides is 3. The molecule has 1 saturated heterocycles. The number of ketones is 1. The zero-order valence-corrected chi connectivity index (χ0v) is 18.8. The SMILES string of the molecule is COc1ccc(C(=O)CN2C(=O)N(c3cccc(Cl)c3)C(=O)C3CCCCC32)cc1OC. The number of ether oxygens (including phenoxy) is 2. The van der Waals surface area contributed by atoms with Crippen molar-refractivity contribution in [1.29, 1.82) is 0 Å². The number of Topliss-reactive ketones (excluding diaryl/α,β-unsaturated/α-hetero) is 1. The molecule has 0 radical (unpaired) electrons. The normalized spacial score (nSPS) is 20.7. The number of fused-ring (bicyclic) bond motifs is 1. The highest BCUT2D eigenvalue weighted by Crippen LogP contribution is 2.37. The van der Waals surface area contributed by atoms with E-state index in [1.807, 2.05) is 0 Å². The Morgan fingerprint density at radius 2 is 1.78 bits per heavy atom. The van der Waals surface area contributed by atoms with E-state index in [1.54, 1.807) is 47.4 Å². The molecule has 32 heavy (non-hydrogen) atoms. The van der Waals surface area contributed by atoms with Crippen molar-refractivity contribution < 1.29 is 23.9 Å². The van der Waals surface area contributed by atoms with Gasteiger partial charge < -0.3 is 14.4 Å². The van der Waals surface area contributed by atoms with E-state index in [-0.39, 0.29) is 30.2 Å². The van der Waals surface area contributed by atoms with E-state index in [1.165, 1.54) is 19.1 Å². The molecular weight excluding hydrogens is 432 g/mol. The van der Waals surface area contributed by atoms with Crippen LogP contribution in [0.25, 0.3) is 0 Å². The van der Waals surface area contributed by atoms with Crippen LogP contribution in [-0.2, 0) is 4.79 Å². The first-order chi connectivity index (χ1) is 15.4. The number of urea groups is 1. The predicted molar refractivity (Wildman–Crippen MR) is 121 cm³/mol. The highest BCUT2D eigenvalue weighted by atomic mass is 35.5. The predicted octanol–water partition coefficient (Wildman–Crippen LogP) is 4.57. The van der Waals surface area contributed by atoms with E-state index in [4.69, 9.17) is 21.1 Å². The maximum atomic E-state index is 13.5. The minimum absolute atomic E-state index is 0.125. The summed E-state index contributed by atoms with van der Waals surface area (Å²) < 4.78 is 10.5. The standard InChI is InChI=1S/C24H25ClN2O5/c1-31-21-11-10-15(12-22(21)32-2)20(28)14-26-19-9-4-3-8-18(19)23(29)27(24(26)30)17-7-5-6-16(25)13-17/h5-7,10-13,18-19H,3-4,8-9,14H2,1-2H3. The number of hydrogen-bond donors (Lipinski definition) is 0. The highest BCUT2D eigenvalue weighted by Gasteiger charge is 2.48. The molecular formula is C24H25ClN2O5. The van der Waals surface area contributed by atoms with Crippen LogP contribution in [0.5, 0.6) is 11.5 Å². The van der Waals surface area contributed by atoms with Crippen molar-refractivity contribution in [1.82, 2.24) is 4.90 Å². The molecule has 1 aliphatic heterocycles. The Labute approximate surface area is 191 Å². The zero-order chi connectivity index (χ0) is 22.8. The summed E-state index contributed by atoms with van der Waals surface area (Å²) in [6.45, 7) is -0.125. The summed E-state index contributed by atoms with van der Waals surface area (Å²) >= 11 is 6.11. The van der Waals surface area contributed by atoms with Crippen LogP contribution >= 0.6 is 11.6 Å². The summed E-state index contributed by atoms with van der Waals surface area (Å²) in [5.41, 5.74) is 0.828. The minimum Gasteiger partial charge on any atom is -0.493 e. The Morgan fingerprint density at radius 3 is 2.50 bits per heavy atom. The molecule has 2 aliphatic rings. The Kier molecular flexibility index (Phi) is 6.37. The van der Waals surface area contributed by atoms with Crippen LogP contribution in [0.15, 0.2) is 42.5 Å². The topological polar surface area (TPSA) is 76.2 Å². The highest BCUT2D eigenvalue weighted by molar-refractivity contribution is 6.31. The van der Waals surface area contributed by atoms with Crippen LogP contribution in [0.3, 0.4) is 0 Å². The average Bonchev–Trinajstić information content (AvgIpc) is 2.81. The summed E-state index contributed by atoms with van der Waals surface area (Å²) in [5.74, 6) is 0.164. The van der Waals surface area contributed by atoms with Crippen molar-refractivity contribution in [3.05, 3.63) is 53.1 Å². The first-order valence-corrected chi connectivity index (χ1v) is 11.0. The first-order valence-electron chi connectivity index (χ1n) is 10.6. The Hall–Kier alpha value is -3.06. The lowest BCUT2D eigenvalue weighted by atomic mass is 9.81. The molecule has 0 N–H and O–H groups in total. The second-order valence-electron chi connectivity index (χ2n) is 8.02. The van der Waals surface area contributed by atoms with Crippen LogP contribution in [0.1, 0.15) is 36.0 Å². The molecule has 0 spiro atoms. The van der Waals surface area contributed by atoms with Crippen LogP contribution in [-0.4, -0.2) is 49.4 Å². The van der Waals surface area contributed by atoms with Crippen LogP contribution < -0.4 is 14.4 Å². The third-order valence-corrected chi connectivity index (χ3v) is 6.43. The number of imide groups is 1. The molecule has 8 heteroatoms. The lowest BCUT2D eigenvalue weighted by molar-refractivity contribution is -0.126. The number of carbonyl (C=O) groups is 3. The van der Waals surface area contributed by atoms with Gasteiger partial charge in [0.2, 0.25) is 5.91 Å². The molecule has 1 aliphatic carbocycles. The second kappa shape index (κ2) is 9.20. The number of anilines is 1. The molecule has 0 bridgehead atoms. The van der Waals surface area contributed by atoms with Gasteiger partial charge in [0.25, 0.3) is 0 Å². The van der Waals surface area contributed by atoms with Crippen LogP contribution in [0.2, 0.25) is 5.02 Å². The van der Waals surface area contributed by atoms with Crippen molar-refractivity contribution in [2.45, 2.75) is 31.7 Å². The number of carbonyl (C=O) groups excluding carboxylic acids is 3. The van der Waals surface area contributed by atoms with Crippen molar-refractivity contribution >= 4 is 35.0 Å². The van der Waals surface area contributed by atoms with Gasteiger partial charge in [-0.2, -0.15) is 0 Å².